The van der Waals surface area contributed by atoms with Crippen LogP contribution in [0.5, 0.6) is 0 Å². The molecule has 0 radical (unpaired) electrons. The molecule has 586 valence electrons. The Hall–Kier alpha value is -4.54. The second-order valence-corrected chi connectivity index (χ2v) is 29.1. The van der Waals surface area contributed by atoms with Crippen molar-refractivity contribution < 1.29 is 80.2 Å². The summed E-state index contributed by atoms with van der Waals surface area (Å²) in [7, 11) is -9.97. The summed E-state index contributed by atoms with van der Waals surface area (Å²) < 4.78 is 68.6. The first-order valence-corrected chi connectivity index (χ1v) is 42.8. The maximum absolute atomic E-state index is 13.1. The number of carbonyl (C=O) groups excluding carboxylic acids is 4. The Morgan fingerprint density at radius 1 is 0.284 bits per heavy atom. The fraction of sp³-hybridized carbons (Fsp3) is 0.711. The minimum atomic E-state index is -4.99. The van der Waals surface area contributed by atoms with E-state index in [2.05, 4.69) is 149 Å². The molecule has 0 aromatic carbocycles. The van der Waals surface area contributed by atoms with E-state index in [0.717, 1.165) is 180 Å². The predicted octanol–water partition coefficient (Wildman–Crippen LogP) is 23.1. The smallest absolute Gasteiger partial charge is 0.462 e. The van der Waals surface area contributed by atoms with Crippen LogP contribution in [0.4, 0.5) is 0 Å². The van der Waals surface area contributed by atoms with Gasteiger partial charge in [0.05, 0.1) is 26.4 Å². The first kappa shape index (κ1) is 97.5. The fourth-order valence-electron chi connectivity index (χ4n) is 10.4. The van der Waals surface area contributed by atoms with Gasteiger partial charge >= 0.3 is 39.5 Å². The Morgan fingerprint density at radius 3 is 0.804 bits per heavy atom. The van der Waals surface area contributed by atoms with Crippen LogP contribution in [-0.4, -0.2) is 96.7 Å². The number of hydrogen-bond acceptors (Lipinski definition) is 15. The summed E-state index contributed by atoms with van der Waals surface area (Å²) in [5.74, 6) is -2.24. The lowest BCUT2D eigenvalue weighted by molar-refractivity contribution is -0.161. The molecule has 0 saturated heterocycles. The lowest BCUT2D eigenvalue weighted by atomic mass is 10.1. The second-order valence-electron chi connectivity index (χ2n) is 26.2. The van der Waals surface area contributed by atoms with Gasteiger partial charge in [0.1, 0.15) is 19.3 Å². The number of allylic oxidation sites excluding steroid dienone is 20. The molecule has 0 aromatic rings. The third kappa shape index (κ3) is 73.8. The number of hydrogen-bond donors (Lipinski definition) is 3. The Morgan fingerprint density at radius 2 is 0.510 bits per heavy atom. The average molecular weight is 1470 g/mol. The molecule has 5 atom stereocenters. The van der Waals surface area contributed by atoms with Gasteiger partial charge in [-0.15, -0.1) is 0 Å². The first-order chi connectivity index (χ1) is 49.7. The van der Waals surface area contributed by atoms with Crippen LogP contribution < -0.4 is 0 Å². The van der Waals surface area contributed by atoms with Gasteiger partial charge in [-0.1, -0.05) is 265 Å². The van der Waals surface area contributed by atoms with Crippen LogP contribution in [0.3, 0.4) is 0 Å². The van der Waals surface area contributed by atoms with Gasteiger partial charge in [-0.05, 0) is 154 Å². The van der Waals surface area contributed by atoms with Gasteiger partial charge in [0.25, 0.3) is 0 Å². The Bertz CT molecular complexity index is 2410. The van der Waals surface area contributed by atoms with Crippen LogP contribution in [0, 0.1) is 0 Å². The van der Waals surface area contributed by atoms with Crippen molar-refractivity contribution in [3.63, 3.8) is 0 Å². The van der Waals surface area contributed by atoms with Crippen molar-refractivity contribution in [1.29, 1.82) is 0 Å². The highest BCUT2D eigenvalue weighted by Gasteiger charge is 2.30. The van der Waals surface area contributed by atoms with Crippen LogP contribution in [0.2, 0.25) is 0 Å². The van der Waals surface area contributed by atoms with E-state index in [1.54, 1.807) is 0 Å². The van der Waals surface area contributed by atoms with Gasteiger partial charge in [0.2, 0.25) is 0 Å². The van der Waals surface area contributed by atoms with E-state index >= 15 is 0 Å². The third-order valence-electron chi connectivity index (χ3n) is 16.4. The van der Waals surface area contributed by atoms with E-state index < -0.39 is 97.5 Å². The summed E-state index contributed by atoms with van der Waals surface area (Å²) in [4.78, 5) is 73.0. The van der Waals surface area contributed by atoms with Crippen molar-refractivity contribution in [2.24, 2.45) is 0 Å². The number of carbonyl (C=O) groups is 4. The largest absolute Gasteiger partial charge is 0.472 e. The highest BCUT2D eigenvalue weighted by atomic mass is 31.2. The van der Waals surface area contributed by atoms with Gasteiger partial charge in [0.15, 0.2) is 12.2 Å². The average Bonchev–Trinajstić information content (AvgIpc) is 0.908. The molecule has 0 spiro atoms. The summed E-state index contributed by atoms with van der Waals surface area (Å²) in [6, 6.07) is 0. The van der Waals surface area contributed by atoms with E-state index in [0.29, 0.717) is 25.7 Å². The normalized spacial score (nSPS) is 14.5. The lowest BCUT2D eigenvalue weighted by Gasteiger charge is -2.21. The molecule has 17 nitrogen and oxygen atoms in total. The topological polar surface area (TPSA) is 237 Å². The molecule has 5 unspecified atom stereocenters. The SMILES string of the molecule is CC/C=C\C/C=C\C/C=C\C/C=C\CCCCCCC(=O)OCC(COP(=O)(O)OCC(O)COP(=O)(O)OCC(COC(=O)CCCCCC/C=C\C/C=C\C/C=C\C/C=C\CC)OC(=O)CCCCCCC/C=C\CCCCCCCC)OC(=O)CCCCCCC/C=C\CCCCCC. The summed E-state index contributed by atoms with van der Waals surface area (Å²) >= 11 is 0. The Labute approximate surface area is 619 Å². The van der Waals surface area contributed by atoms with Crippen molar-refractivity contribution in [1.82, 2.24) is 0 Å². The second kappa shape index (κ2) is 74.7. The standard InChI is InChI=1S/C83H142O17P2/c1-5-9-13-17-21-25-29-33-36-38-41-44-47-51-55-59-63-67-80(85)93-73-78(99-82(87)69-65-61-57-53-49-43-32-28-24-20-16-12-8-4)75-97-101(89,90)95-71-77(84)72-96-102(91,92)98-76-79(100-83(88)70-66-62-58-54-50-46-40-35-31-27-23-19-15-11-7-3)74-94-81(86)68-64-60-56-52-48-45-42-39-37-34-30-26-22-18-14-10-6-2/h9-10,13-14,21-22,25-26,28,32-37,40-42,44-45,77-79,84H,5-8,11-12,15-20,23-24,27,29-31,38-39,43,46-76H2,1-4H3,(H,89,90)(H,91,92)/b13-9-,14-10-,25-21-,26-22-,32-28-,36-33-,37-34-,40-35-,44-41-,45-42-. The lowest BCUT2D eigenvalue weighted by Crippen LogP contribution is -2.30. The number of rotatable bonds is 74. The molecule has 0 amide bonds. The van der Waals surface area contributed by atoms with Crippen LogP contribution in [-0.2, 0) is 65.4 Å². The predicted molar refractivity (Wildman–Crippen MR) is 418 cm³/mol. The number of aliphatic hydroxyl groups excluding tert-OH is 1. The molecule has 0 bridgehead atoms. The minimum absolute atomic E-state index is 0.0770. The molecule has 3 N–H and O–H groups in total. The molecule has 0 heterocycles. The zero-order chi connectivity index (χ0) is 74.6. The molecule has 0 saturated carbocycles. The van der Waals surface area contributed by atoms with E-state index in [1.165, 1.54) is 64.2 Å². The number of ether oxygens (including phenoxy) is 4. The van der Waals surface area contributed by atoms with Crippen LogP contribution in [0.25, 0.3) is 0 Å². The van der Waals surface area contributed by atoms with Crippen molar-refractivity contribution >= 4 is 39.5 Å². The van der Waals surface area contributed by atoms with E-state index in [1.807, 2.05) is 0 Å². The number of phosphoric ester groups is 2. The number of esters is 4. The minimum Gasteiger partial charge on any atom is -0.462 e. The maximum atomic E-state index is 13.1. The summed E-state index contributed by atoms with van der Waals surface area (Å²) in [6.45, 7) is 4.57. The molecule has 102 heavy (non-hydrogen) atoms. The molecule has 0 aliphatic rings. The third-order valence-corrected chi connectivity index (χ3v) is 18.3. The van der Waals surface area contributed by atoms with Gasteiger partial charge < -0.3 is 33.8 Å². The zero-order valence-electron chi connectivity index (χ0n) is 64.0. The fourth-order valence-corrected chi connectivity index (χ4v) is 11.9. The van der Waals surface area contributed by atoms with E-state index in [9.17, 15) is 43.2 Å². The van der Waals surface area contributed by atoms with Crippen molar-refractivity contribution in [3.8, 4) is 0 Å². The summed E-state index contributed by atoms with van der Waals surface area (Å²) in [5.41, 5.74) is 0. The van der Waals surface area contributed by atoms with Gasteiger partial charge in [-0.2, -0.15) is 0 Å². The maximum Gasteiger partial charge on any atom is 0.472 e. The zero-order valence-corrected chi connectivity index (χ0v) is 65.8. The molecule has 19 heteroatoms. The van der Waals surface area contributed by atoms with E-state index in [-0.39, 0.29) is 25.7 Å². The first-order valence-electron chi connectivity index (χ1n) is 39.8. The highest BCUT2D eigenvalue weighted by Crippen LogP contribution is 2.45. The molecule has 0 fully saturated rings. The summed E-state index contributed by atoms with van der Waals surface area (Å²) in [6.07, 6.45) is 81.7. The van der Waals surface area contributed by atoms with Crippen molar-refractivity contribution in [2.75, 3.05) is 39.6 Å². The Kier molecular flexibility index (Phi) is 71.4. The Balaban J connectivity index is 5.40. The quantitative estimate of drug-likeness (QED) is 0.0169. The number of unbranched alkanes of at least 4 members (excludes halogenated alkanes) is 28. The van der Waals surface area contributed by atoms with Gasteiger partial charge in [-0.25, -0.2) is 9.13 Å². The van der Waals surface area contributed by atoms with Gasteiger partial charge in [-0.3, -0.25) is 37.3 Å². The van der Waals surface area contributed by atoms with Gasteiger partial charge in [0, 0.05) is 25.7 Å². The summed E-state index contributed by atoms with van der Waals surface area (Å²) in [5, 5.41) is 10.6. The number of phosphoric acid groups is 2. The monoisotopic (exact) mass is 1470 g/mol. The van der Waals surface area contributed by atoms with Crippen LogP contribution in [0.15, 0.2) is 122 Å². The molecular weight excluding hydrogens is 1330 g/mol. The molecule has 0 aromatic heterocycles. The van der Waals surface area contributed by atoms with Crippen LogP contribution >= 0.6 is 15.6 Å². The molecular formula is C83H142O17P2. The highest BCUT2D eigenvalue weighted by molar-refractivity contribution is 7.47. The molecule has 0 aliphatic carbocycles. The van der Waals surface area contributed by atoms with Crippen molar-refractivity contribution in [2.45, 2.75) is 341 Å². The molecule has 0 rings (SSSR count). The van der Waals surface area contributed by atoms with Crippen LogP contribution in [0.1, 0.15) is 323 Å². The molecule has 0 aliphatic heterocycles. The van der Waals surface area contributed by atoms with Crippen molar-refractivity contribution in [3.05, 3.63) is 122 Å². The number of aliphatic hydroxyl groups is 1. The van der Waals surface area contributed by atoms with E-state index in [4.69, 9.17) is 37.0 Å².